The lowest BCUT2D eigenvalue weighted by atomic mass is 9.87. The number of esters is 1. The van der Waals surface area contributed by atoms with Gasteiger partial charge in [0.25, 0.3) is 0 Å². The zero-order valence-electron chi connectivity index (χ0n) is 12.0. The van der Waals surface area contributed by atoms with Crippen LogP contribution >= 0.6 is 10.8 Å². The van der Waals surface area contributed by atoms with Crippen molar-refractivity contribution in [1.29, 1.82) is 0 Å². The van der Waals surface area contributed by atoms with Gasteiger partial charge in [-0.25, -0.2) is 0 Å². The predicted molar refractivity (Wildman–Crippen MR) is 83.7 cm³/mol. The zero-order chi connectivity index (χ0) is 14.7. The van der Waals surface area contributed by atoms with Crippen LogP contribution in [0.15, 0.2) is 24.3 Å². The molecule has 0 saturated carbocycles. The fourth-order valence-electron chi connectivity index (χ4n) is 2.42. The van der Waals surface area contributed by atoms with E-state index in [0.717, 1.165) is 18.4 Å². The van der Waals surface area contributed by atoms with Crippen LogP contribution in [0.2, 0.25) is 0 Å². The molecule has 1 saturated heterocycles. The molecule has 1 heterocycles. The Bertz CT molecular complexity index is 461. The molecule has 1 aliphatic rings. The number of carbonyl (C=O) groups excluding carboxylic acids is 1. The van der Waals surface area contributed by atoms with Crippen LogP contribution < -0.4 is 0 Å². The SMILES string of the molecule is CCC(CC(C)C(=O)OC)c1ccc(C2S[S+]2[O-])cc1. The minimum absolute atomic E-state index is 0.0869. The monoisotopic (exact) mass is 312 g/mol. The van der Waals surface area contributed by atoms with E-state index in [0.29, 0.717) is 5.92 Å². The van der Waals surface area contributed by atoms with Gasteiger partial charge >= 0.3 is 5.97 Å². The van der Waals surface area contributed by atoms with E-state index in [9.17, 15) is 9.35 Å². The first-order valence-electron chi connectivity index (χ1n) is 6.82. The summed E-state index contributed by atoms with van der Waals surface area (Å²) in [5.74, 6) is 0.122. The topological polar surface area (TPSA) is 49.4 Å². The second kappa shape index (κ2) is 6.87. The van der Waals surface area contributed by atoms with Crippen molar-refractivity contribution in [3.63, 3.8) is 0 Å². The smallest absolute Gasteiger partial charge is 0.308 e. The van der Waals surface area contributed by atoms with Crippen molar-refractivity contribution < 1.29 is 14.1 Å². The van der Waals surface area contributed by atoms with Gasteiger partial charge in [0.2, 0.25) is 4.58 Å². The predicted octanol–water partition coefficient (Wildman–Crippen LogP) is 3.79. The molecule has 4 atom stereocenters. The van der Waals surface area contributed by atoms with E-state index in [1.165, 1.54) is 23.5 Å². The lowest BCUT2D eigenvalue weighted by Crippen LogP contribution is -2.16. The standard InChI is InChI=1S/C15H20O3S2/c1-4-11(9-10(2)14(16)18-3)12-5-7-13(8-6-12)15-19-20(15)17/h5-8,10-11,15H,4,9H2,1-3H3. The highest BCUT2D eigenvalue weighted by Gasteiger charge is 2.47. The van der Waals surface area contributed by atoms with Crippen molar-refractivity contribution in [1.82, 2.24) is 0 Å². The fraction of sp³-hybridized carbons (Fsp3) is 0.533. The second-order valence-electron chi connectivity index (χ2n) is 5.12. The van der Waals surface area contributed by atoms with Gasteiger partial charge in [-0.05, 0) is 24.3 Å². The first kappa shape index (κ1) is 15.7. The van der Waals surface area contributed by atoms with Gasteiger partial charge < -0.3 is 9.29 Å². The average Bonchev–Trinajstić information content (AvgIpc) is 3.20. The van der Waals surface area contributed by atoms with Crippen molar-refractivity contribution in [3.05, 3.63) is 35.4 Å². The quantitative estimate of drug-likeness (QED) is 0.347. The molecule has 0 aromatic heterocycles. The molecular formula is C15H20O3S2. The Morgan fingerprint density at radius 3 is 2.50 bits per heavy atom. The summed E-state index contributed by atoms with van der Waals surface area (Å²) in [6, 6.07) is 8.32. The summed E-state index contributed by atoms with van der Waals surface area (Å²) in [6.45, 7) is 4.04. The zero-order valence-corrected chi connectivity index (χ0v) is 13.6. The summed E-state index contributed by atoms with van der Waals surface area (Å²) in [7, 11) is 2.20. The number of hydrogen-bond acceptors (Lipinski definition) is 4. The molecule has 2 rings (SSSR count). The van der Waals surface area contributed by atoms with Crippen LogP contribution in [0.4, 0.5) is 0 Å². The van der Waals surface area contributed by atoms with E-state index in [-0.39, 0.29) is 16.5 Å². The summed E-state index contributed by atoms with van der Waals surface area (Å²) in [6.07, 6.45) is 1.79. The molecule has 5 heteroatoms. The van der Waals surface area contributed by atoms with Gasteiger partial charge in [0.05, 0.1) is 13.0 Å². The van der Waals surface area contributed by atoms with E-state index in [4.69, 9.17) is 4.74 Å². The molecule has 0 spiro atoms. The molecule has 0 radical (unpaired) electrons. The van der Waals surface area contributed by atoms with E-state index < -0.39 is 10.2 Å². The Kier molecular flexibility index (Phi) is 5.41. The van der Waals surface area contributed by atoms with Gasteiger partial charge in [-0.1, -0.05) is 38.1 Å². The highest BCUT2D eigenvalue weighted by Crippen LogP contribution is 2.57. The third-order valence-electron chi connectivity index (χ3n) is 3.73. The molecule has 1 fully saturated rings. The van der Waals surface area contributed by atoms with Crippen molar-refractivity contribution in [2.75, 3.05) is 7.11 Å². The second-order valence-corrected chi connectivity index (χ2v) is 8.64. The van der Waals surface area contributed by atoms with Gasteiger partial charge in [-0.2, -0.15) is 0 Å². The van der Waals surface area contributed by atoms with Crippen LogP contribution in [-0.4, -0.2) is 17.6 Å². The molecule has 110 valence electrons. The molecule has 0 aliphatic carbocycles. The molecule has 1 aromatic carbocycles. The summed E-state index contributed by atoms with van der Waals surface area (Å²) in [5.41, 5.74) is 2.37. The van der Waals surface area contributed by atoms with E-state index >= 15 is 0 Å². The first-order chi connectivity index (χ1) is 9.56. The van der Waals surface area contributed by atoms with Crippen LogP contribution in [0.5, 0.6) is 0 Å². The van der Waals surface area contributed by atoms with Crippen LogP contribution in [0.25, 0.3) is 0 Å². The summed E-state index contributed by atoms with van der Waals surface area (Å²) < 4.78 is 16.2. The Morgan fingerprint density at radius 2 is 2.05 bits per heavy atom. The molecule has 1 aliphatic heterocycles. The third kappa shape index (κ3) is 3.71. The number of methoxy groups -OCH3 is 1. The molecule has 4 unspecified atom stereocenters. The maximum Gasteiger partial charge on any atom is 0.308 e. The van der Waals surface area contributed by atoms with E-state index in [1.807, 2.05) is 6.92 Å². The number of hydrogen-bond donors (Lipinski definition) is 0. The Hall–Kier alpha value is -0.650. The summed E-state index contributed by atoms with van der Waals surface area (Å²) in [5, 5.41) is 0. The van der Waals surface area contributed by atoms with Crippen LogP contribution in [0.1, 0.15) is 48.3 Å². The van der Waals surface area contributed by atoms with Crippen LogP contribution in [-0.2, 0) is 19.7 Å². The molecular weight excluding hydrogens is 292 g/mol. The summed E-state index contributed by atoms with van der Waals surface area (Å²) >= 11 is 0. The number of rotatable bonds is 6. The molecule has 20 heavy (non-hydrogen) atoms. The van der Waals surface area contributed by atoms with E-state index in [1.54, 1.807) is 0 Å². The number of benzene rings is 1. The average molecular weight is 312 g/mol. The van der Waals surface area contributed by atoms with Gasteiger partial charge in [0, 0.05) is 15.8 Å². The normalized spacial score (nSPS) is 24.0. The first-order valence-corrected chi connectivity index (χ1v) is 9.43. The fourth-order valence-corrected chi connectivity index (χ4v) is 4.53. The summed E-state index contributed by atoms with van der Waals surface area (Å²) in [4.78, 5) is 11.5. The minimum atomic E-state index is -0.730. The van der Waals surface area contributed by atoms with Gasteiger partial charge in [-0.15, -0.1) is 0 Å². The third-order valence-corrected chi connectivity index (χ3v) is 6.54. The molecule has 0 amide bonds. The maximum absolute atomic E-state index is 11.5. The van der Waals surface area contributed by atoms with Gasteiger partial charge in [0.15, 0.2) is 10.8 Å². The van der Waals surface area contributed by atoms with Crippen molar-refractivity contribution in [3.8, 4) is 0 Å². The van der Waals surface area contributed by atoms with Crippen molar-refractivity contribution in [2.45, 2.75) is 37.2 Å². The highest BCUT2D eigenvalue weighted by atomic mass is 33.2. The Labute approximate surface area is 127 Å². The van der Waals surface area contributed by atoms with Gasteiger partial charge in [0.1, 0.15) is 0 Å². The Balaban J connectivity index is 2.01. The maximum atomic E-state index is 11.5. The Morgan fingerprint density at radius 1 is 1.45 bits per heavy atom. The van der Waals surface area contributed by atoms with E-state index in [2.05, 4.69) is 31.2 Å². The molecule has 3 nitrogen and oxygen atoms in total. The van der Waals surface area contributed by atoms with Gasteiger partial charge in [-0.3, -0.25) is 4.79 Å². The molecule has 1 aromatic rings. The highest BCUT2D eigenvalue weighted by molar-refractivity contribution is 8.87. The van der Waals surface area contributed by atoms with Crippen LogP contribution in [0.3, 0.4) is 0 Å². The molecule has 0 N–H and O–H groups in total. The van der Waals surface area contributed by atoms with Crippen LogP contribution in [0, 0.1) is 5.92 Å². The number of ether oxygens (including phenoxy) is 1. The lowest BCUT2D eigenvalue weighted by Gasteiger charge is -2.19. The van der Waals surface area contributed by atoms with Crippen molar-refractivity contribution >= 4 is 27.0 Å². The largest absolute Gasteiger partial charge is 0.604 e. The number of carbonyl (C=O) groups is 1. The lowest BCUT2D eigenvalue weighted by molar-refractivity contribution is -0.145. The molecule has 0 bridgehead atoms. The van der Waals surface area contributed by atoms with Crippen molar-refractivity contribution in [2.24, 2.45) is 5.92 Å². The minimum Gasteiger partial charge on any atom is -0.604 e.